The van der Waals surface area contributed by atoms with Crippen LogP contribution in [0.4, 0.5) is 24.8 Å². The first-order valence-corrected chi connectivity index (χ1v) is 14.6. The highest BCUT2D eigenvalue weighted by molar-refractivity contribution is 5.93. The number of rotatable bonds is 8. The minimum atomic E-state index is -4.62. The molecule has 3 heterocycles. The number of fused-ring (bicyclic) bond motifs is 1. The third-order valence-electron chi connectivity index (χ3n) is 8.14. The number of nitrogens with zero attached hydrogens (tertiary/aromatic N) is 6. The molecule has 0 fully saturated rings. The van der Waals surface area contributed by atoms with Crippen LogP contribution >= 0.6 is 0 Å². The van der Waals surface area contributed by atoms with Crippen LogP contribution in [0.2, 0.25) is 0 Å². The lowest BCUT2D eigenvalue weighted by atomic mass is 9.89. The monoisotopic (exact) mass is 640 g/mol. The minimum Gasteiger partial charge on any atom is -0.466 e. The van der Waals surface area contributed by atoms with E-state index < -0.39 is 29.4 Å². The molecule has 5 aromatic rings. The highest BCUT2D eigenvalue weighted by atomic mass is 19.4. The normalized spacial score (nSPS) is 14.6. The van der Waals surface area contributed by atoms with E-state index in [2.05, 4.69) is 16.3 Å². The Morgan fingerprint density at radius 3 is 2.62 bits per heavy atom. The van der Waals surface area contributed by atoms with Gasteiger partial charge in [0.2, 0.25) is 12.3 Å². The SMILES string of the molecule is COC(=O)C1=C(C)N(c2cccc(C(F)(F)F)c2)c2n[nH]c(=O)n2C1c1ccc(C#N)cc1CCn1cc[n+](Cc2ccccc2)c1. The van der Waals surface area contributed by atoms with Gasteiger partial charge in [0.05, 0.1) is 36.4 Å². The van der Waals surface area contributed by atoms with Crippen LogP contribution in [-0.4, -0.2) is 32.4 Å². The molecule has 0 spiro atoms. The molecule has 1 atom stereocenters. The summed E-state index contributed by atoms with van der Waals surface area (Å²) >= 11 is 0. The van der Waals surface area contributed by atoms with Crippen molar-refractivity contribution in [2.75, 3.05) is 12.0 Å². The Morgan fingerprint density at radius 1 is 1.11 bits per heavy atom. The number of alkyl halides is 3. The van der Waals surface area contributed by atoms with Crippen LogP contribution in [0.5, 0.6) is 0 Å². The molecule has 1 aliphatic heterocycles. The molecule has 1 aliphatic rings. The van der Waals surface area contributed by atoms with E-state index in [0.717, 1.165) is 17.7 Å². The lowest BCUT2D eigenvalue weighted by Crippen LogP contribution is -2.38. The van der Waals surface area contributed by atoms with Gasteiger partial charge in [-0.15, -0.1) is 5.10 Å². The zero-order valence-electron chi connectivity index (χ0n) is 25.4. The second-order valence-electron chi connectivity index (χ2n) is 11.1. The summed E-state index contributed by atoms with van der Waals surface area (Å²) in [4.78, 5) is 28.2. The predicted octanol–water partition coefficient (Wildman–Crippen LogP) is 5.03. The van der Waals surface area contributed by atoms with Gasteiger partial charge >= 0.3 is 17.8 Å². The third kappa shape index (κ3) is 6.05. The smallest absolute Gasteiger partial charge is 0.416 e. The van der Waals surface area contributed by atoms with Crippen LogP contribution in [0, 0.1) is 11.3 Å². The van der Waals surface area contributed by atoms with E-state index in [1.54, 1.807) is 25.1 Å². The Hall–Kier alpha value is -5.90. The second kappa shape index (κ2) is 12.5. The number of methoxy groups -OCH3 is 1. The summed E-state index contributed by atoms with van der Waals surface area (Å²) in [6, 6.07) is 20.6. The summed E-state index contributed by atoms with van der Waals surface area (Å²) in [5.74, 6) is -0.780. The summed E-state index contributed by atoms with van der Waals surface area (Å²) in [5.41, 5.74) is 1.50. The number of imidazole rings is 1. The van der Waals surface area contributed by atoms with E-state index in [9.17, 15) is 28.0 Å². The van der Waals surface area contributed by atoms with Crippen molar-refractivity contribution >= 4 is 17.6 Å². The summed E-state index contributed by atoms with van der Waals surface area (Å²) in [6.45, 7) is 2.76. The van der Waals surface area contributed by atoms with Crippen molar-refractivity contribution in [3.05, 3.63) is 141 Å². The third-order valence-corrected chi connectivity index (χ3v) is 8.14. The lowest BCUT2D eigenvalue weighted by Gasteiger charge is -2.36. The predicted molar refractivity (Wildman–Crippen MR) is 164 cm³/mol. The fourth-order valence-corrected chi connectivity index (χ4v) is 5.95. The standard InChI is InChI=1S/C34H28F3N7O3/c1-22-29(31(45)47-2)30(44-32(39-40-33(44)46)43(22)27-10-6-9-26(18-27)34(35,36)37)28-12-11-24(19-38)17-25(28)13-14-41-15-16-42(21-41)20-23-7-4-3-5-8-23/h3-12,15-18,21,30H,13-14,20H2,1-2H3/p+1. The maximum Gasteiger partial charge on any atom is 0.416 e. The van der Waals surface area contributed by atoms with Crippen molar-refractivity contribution in [1.29, 1.82) is 5.26 Å². The number of esters is 1. The number of H-pyrrole nitrogens is 1. The van der Waals surface area contributed by atoms with E-state index in [-0.39, 0.29) is 22.9 Å². The molecule has 0 amide bonds. The Kier molecular flexibility index (Phi) is 8.25. The summed E-state index contributed by atoms with van der Waals surface area (Å²) in [7, 11) is 1.19. The number of halogens is 3. The molecule has 3 aromatic carbocycles. The lowest BCUT2D eigenvalue weighted by molar-refractivity contribution is -0.687. The van der Waals surface area contributed by atoms with E-state index in [4.69, 9.17) is 4.74 Å². The first-order valence-electron chi connectivity index (χ1n) is 14.6. The number of carbonyl (C=O) groups excluding carboxylic acids is 1. The second-order valence-corrected chi connectivity index (χ2v) is 11.1. The molecule has 6 rings (SSSR count). The zero-order chi connectivity index (χ0) is 33.3. The van der Waals surface area contributed by atoms with Crippen LogP contribution in [0.15, 0.2) is 108 Å². The topological polar surface area (TPSA) is 113 Å². The molecule has 10 nitrogen and oxygen atoms in total. The summed E-state index contributed by atoms with van der Waals surface area (Å²) < 4.78 is 51.4. The number of allylic oxidation sites excluding steroid dienone is 1. The van der Waals surface area contributed by atoms with Gasteiger partial charge in [0.1, 0.15) is 25.0 Å². The van der Waals surface area contributed by atoms with Crippen LogP contribution in [0.1, 0.15) is 40.8 Å². The van der Waals surface area contributed by atoms with Crippen molar-refractivity contribution < 1.29 is 27.3 Å². The highest BCUT2D eigenvalue weighted by Gasteiger charge is 2.41. The van der Waals surface area contributed by atoms with Crippen LogP contribution in [0.25, 0.3) is 0 Å². The molecular weight excluding hydrogens is 611 g/mol. The van der Waals surface area contributed by atoms with Crippen LogP contribution in [-0.2, 0) is 35.2 Å². The van der Waals surface area contributed by atoms with Crippen LogP contribution in [0.3, 0.4) is 0 Å². The van der Waals surface area contributed by atoms with Gasteiger partial charge in [-0.2, -0.15) is 18.4 Å². The molecule has 238 valence electrons. The number of anilines is 2. The van der Waals surface area contributed by atoms with Crippen molar-refractivity contribution in [2.24, 2.45) is 0 Å². The Labute approximate surface area is 267 Å². The highest BCUT2D eigenvalue weighted by Crippen LogP contribution is 2.43. The number of aryl methyl sites for hydroxylation is 2. The molecule has 2 aromatic heterocycles. The van der Waals surface area contributed by atoms with Crippen LogP contribution < -0.4 is 15.2 Å². The van der Waals surface area contributed by atoms with E-state index in [0.29, 0.717) is 36.2 Å². The molecule has 47 heavy (non-hydrogen) atoms. The van der Waals surface area contributed by atoms with Gasteiger partial charge < -0.3 is 4.74 Å². The molecule has 13 heteroatoms. The summed E-state index contributed by atoms with van der Waals surface area (Å²) in [5, 5.41) is 16.3. The van der Waals surface area contributed by atoms with Gasteiger partial charge in [-0.05, 0) is 53.9 Å². The van der Waals surface area contributed by atoms with Gasteiger partial charge in [-0.1, -0.05) is 42.5 Å². The number of hydrogen-bond donors (Lipinski definition) is 1. The molecular formula is C34H29F3N7O3+. The number of nitriles is 1. The van der Waals surface area contributed by atoms with Crippen molar-refractivity contribution in [1.82, 2.24) is 19.3 Å². The number of nitrogens with one attached hydrogen (secondary N) is 1. The average Bonchev–Trinajstić information content (AvgIpc) is 3.68. The Morgan fingerprint density at radius 2 is 1.89 bits per heavy atom. The maximum absolute atomic E-state index is 13.7. The first kappa shape index (κ1) is 31.1. The van der Waals surface area contributed by atoms with E-state index >= 15 is 0 Å². The fraction of sp³-hybridized carbons (Fsp3) is 0.206. The first-order chi connectivity index (χ1) is 22.6. The van der Waals surface area contributed by atoms with Gasteiger partial charge in [-0.25, -0.2) is 28.4 Å². The molecule has 0 saturated heterocycles. The minimum absolute atomic E-state index is 0.00727. The van der Waals surface area contributed by atoms with Crippen molar-refractivity contribution in [2.45, 2.75) is 38.7 Å². The number of benzene rings is 3. The van der Waals surface area contributed by atoms with Gasteiger partial charge in [-0.3, -0.25) is 4.90 Å². The fourth-order valence-electron chi connectivity index (χ4n) is 5.95. The molecule has 0 saturated carbocycles. The van der Waals surface area contributed by atoms with Gasteiger partial charge in [0, 0.05) is 17.8 Å². The molecule has 1 unspecified atom stereocenters. The summed E-state index contributed by atoms with van der Waals surface area (Å²) in [6.07, 6.45) is 1.67. The van der Waals surface area contributed by atoms with Crippen molar-refractivity contribution in [3.63, 3.8) is 0 Å². The number of aromatic nitrogens is 5. The van der Waals surface area contributed by atoms with E-state index in [1.165, 1.54) is 28.7 Å². The maximum atomic E-state index is 13.7. The van der Waals surface area contributed by atoms with Gasteiger partial charge in [0.25, 0.3) is 0 Å². The number of ether oxygens (including phenoxy) is 1. The quantitative estimate of drug-likeness (QED) is 0.188. The molecule has 0 radical (unpaired) electrons. The van der Waals surface area contributed by atoms with E-state index in [1.807, 2.05) is 58.2 Å². The number of hydrogen-bond acceptors (Lipinski definition) is 6. The molecule has 1 N–H and O–H groups in total. The molecule has 0 bridgehead atoms. The largest absolute Gasteiger partial charge is 0.466 e. The Balaban J connectivity index is 1.43. The van der Waals surface area contributed by atoms with Gasteiger partial charge in [0.15, 0.2) is 0 Å². The average molecular weight is 641 g/mol. The number of carbonyl (C=O) groups is 1. The number of aromatic amines is 1. The zero-order valence-corrected chi connectivity index (χ0v) is 25.4. The molecule has 0 aliphatic carbocycles. The van der Waals surface area contributed by atoms with Crippen molar-refractivity contribution in [3.8, 4) is 6.07 Å². The Bertz CT molecular complexity index is 2090.